The third kappa shape index (κ3) is 3.08. The number of carboxylic acids is 1. The number of nitrogens with zero attached hydrogens (tertiary/aromatic N) is 2. The first kappa shape index (κ1) is 13.3. The van der Waals surface area contributed by atoms with Gasteiger partial charge in [0, 0.05) is 12.2 Å². The van der Waals surface area contributed by atoms with Gasteiger partial charge in [-0.2, -0.15) is 5.26 Å². The second kappa shape index (κ2) is 5.51. The van der Waals surface area contributed by atoms with Gasteiger partial charge in [-0.05, 0) is 19.9 Å². The third-order valence-electron chi connectivity index (χ3n) is 2.51. The fourth-order valence-electron chi connectivity index (χ4n) is 1.19. The predicted molar refractivity (Wildman–Crippen MR) is 63.8 cm³/mol. The largest absolute Gasteiger partial charge is 0.481 e. The van der Waals surface area contributed by atoms with Crippen molar-refractivity contribution in [1.82, 2.24) is 4.98 Å². The van der Waals surface area contributed by atoms with Crippen LogP contribution in [-0.4, -0.2) is 22.1 Å². The highest BCUT2D eigenvalue weighted by atomic mass is 35.5. The van der Waals surface area contributed by atoms with Crippen molar-refractivity contribution in [2.45, 2.75) is 19.9 Å². The molecule has 6 heteroatoms. The van der Waals surface area contributed by atoms with Gasteiger partial charge in [0.15, 0.2) is 0 Å². The second-order valence-electron chi connectivity index (χ2n) is 3.69. The standard InChI is InChI=1S/C11H12ClN3O2/c1-6(11(16)17)7(2)15-10-9(12)8(5-13)3-4-14-10/h3-4,6-7H,1-2H3,(H,14,15)(H,16,17). The van der Waals surface area contributed by atoms with E-state index in [9.17, 15) is 4.79 Å². The molecule has 0 amide bonds. The SMILES string of the molecule is CC(Nc1nccc(C#N)c1Cl)C(C)C(=O)O. The molecule has 1 aromatic rings. The zero-order chi connectivity index (χ0) is 13.0. The van der Waals surface area contributed by atoms with Crippen molar-refractivity contribution in [2.75, 3.05) is 5.32 Å². The predicted octanol–water partition coefficient (Wildman–Crippen LogP) is 2.13. The van der Waals surface area contributed by atoms with Crippen molar-refractivity contribution in [3.05, 3.63) is 22.8 Å². The van der Waals surface area contributed by atoms with Crippen LogP contribution in [0.5, 0.6) is 0 Å². The highest BCUT2D eigenvalue weighted by molar-refractivity contribution is 6.34. The molecular weight excluding hydrogens is 242 g/mol. The molecular formula is C11H12ClN3O2. The van der Waals surface area contributed by atoms with E-state index in [1.165, 1.54) is 12.3 Å². The summed E-state index contributed by atoms with van der Waals surface area (Å²) in [6, 6.07) is 3.09. The van der Waals surface area contributed by atoms with E-state index >= 15 is 0 Å². The Morgan fingerprint density at radius 2 is 2.29 bits per heavy atom. The normalized spacial score (nSPS) is 13.5. The lowest BCUT2D eigenvalue weighted by atomic mass is 10.0. The fraction of sp³-hybridized carbons (Fsp3) is 0.364. The van der Waals surface area contributed by atoms with E-state index in [0.29, 0.717) is 11.4 Å². The van der Waals surface area contributed by atoms with Gasteiger partial charge in [-0.1, -0.05) is 11.6 Å². The van der Waals surface area contributed by atoms with Gasteiger partial charge in [-0.15, -0.1) is 0 Å². The van der Waals surface area contributed by atoms with Crippen LogP contribution in [0.25, 0.3) is 0 Å². The first-order valence-corrected chi connectivity index (χ1v) is 5.39. The van der Waals surface area contributed by atoms with E-state index < -0.39 is 11.9 Å². The number of rotatable bonds is 4. The van der Waals surface area contributed by atoms with E-state index in [1.54, 1.807) is 13.8 Å². The lowest BCUT2D eigenvalue weighted by Crippen LogP contribution is -2.30. The lowest BCUT2D eigenvalue weighted by Gasteiger charge is -2.19. The van der Waals surface area contributed by atoms with Gasteiger partial charge in [0.1, 0.15) is 16.9 Å². The fourth-order valence-corrected chi connectivity index (χ4v) is 1.39. The van der Waals surface area contributed by atoms with Gasteiger partial charge in [-0.3, -0.25) is 4.79 Å². The van der Waals surface area contributed by atoms with Crippen LogP contribution in [0.1, 0.15) is 19.4 Å². The molecule has 1 aromatic heterocycles. The van der Waals surface area contributed by atoms with Crippen LogP contribution in [0.15, 0.2) is 12.3 Å². The molecule has 2 atom stereocenters. The molecule has 0 radical (unpaired) electrons. The maximum absolute atomic E-state index is 10.8. The molecule has 2 unspecified atom stereocenters. The number of carbonyl (C=O) groups is 1. The summed E-state index contributed by atoms with van der Waals surface area (Å²) in [7, 11) is 0. The minimum atomic E-state index is -0.905. The Balaban J connectivity index is 2.90. The zero-order valence-corrected chi connectivity index (χ0v) is 10.2. The number of hydrogen-bond acceptors (Lipinski definition) is 4. The molecule has 0 aromatic carbocycles. The van der Waals surface area contributed by atoms with E-state index in [0.717, 1.165) is 0 Å². The number of halogens is 1. The third-order valence-corrected chi connectivity index (χ3v) is 2.90. The van der Waals surface area contributed by atoms with Crippen LogP contribution in [0, 0.1) is 17.2 Å². The number of nitriles is 1. The highest BCUT2D eigenvalue weighted by Gasteiger charge is 2.20. The first-order chi connectivity index (χ1) is 7.97. The molecule has 0 spiro atoms. The molecule has 90 valence electrons. The minimum Gasteiger partial charge on any atom is -0.481 e. The molecule has 1 heterocycles. The Morgan fingerprint density at radius 1 is 1.65 bits per heavy atom. The number of carboxylic acid groups (broad SMARTS) is 1. The van der Waals surface area contributed by atoms with Gasteiger partial charge in [0.25, 0.3) is 0 Å². The van der Waals surface area contributed by atoms with Gasteiger partial charge < -0.3 is 10.4 Å². The van der Waals surface area contributed by atoms with Gasteiger partial charge >= 0.3 is 5.97 Å². The van der Waals surface area contributed by atoms with Crippen LogP contribution in [0.4, 0.5) is 5.82 Å². The maximum atomic E-state index is 10.8. The highest BCUT2D eigenvalue weighted by Crippen LogP contribution is 2.24. The Hall–Kier alpha value is -1.80. The Kier molecular flexibility index (Phi) is 4.30. The number of anilines is 1. The quantitative estimate of drug-likeness (QED) is 0.858. The number of aromatic nitrogens is 1. The summed E-state index contributed by atoms with van der Waals surface area (Å²) in [5, 5.41) is 20.7. The summed E-state index contributed by atoms with van der Waals surface area (Å²) in [6.07, 6.45) is 1.45. The molecule has 5 nitrogen and oxygen atoms in total. The van der Waals surface area contributed by atoms with Gasteiger partial charge in [-0.25, -0.2) is 4.98 Å². The first-order valence-electron chi connectivity index (χ1n) is 5.01. The summed E-state index contributed by atoms with van der Waals surface area (Å²) in [4.78, 5) is 14.8. The zero-order valence-electron chi connectivity index (χ0n) is 9.44. The topological polar surface area (TPSA) is 86.0 Å². The van der Waals surface area contributed by atoms with Crippen LogP contribution >= 0.6 is 11.6 Å². The molecule has 0 aliphatic rings. The van der Waals surface area contributed by atoms with Crippen LogP contribution in [0.2, 0.25) is 5.02 Å². The maximum Gasteiger partial charge on any atom is 0.308 e. The van der Waals surface area contributed by atoms with E-state index in [4.69, 9.17) is 22.0 Å². The molecule has 0 aliphatic heterocycles. The van der Waals surface area contributed by atoms with Crippen LogP contribution < -0.4 is 5.32 Å². The number of pyridine rings is 1. The molecule has 2 N–H and O–H groups in total. The summed E-state index contributed by atoms with van der Waals surface area (Å²) < 4.78 is 0. The van der Waals surface area contributed by atoms with Crippen LogP contribution in [0.3, 0.4) is 0 Å². The average molecular weight is 254 g/mol. The monoisotopic (exact) mass is 253 g/mol. The van der Waals surface area contributed by atoms with Crippen molar-refractivity contribution >= 4 is 23.4 Å². The Morgan fingerprint density at radius 3 is 2.82 bits per heavy atom. The Labute approximate surface area is 104 Å². The average Bonchev–Trinajstić information content (AvgIpc) is 2.30. The summed E-state index contributed by atoms with van der Waals surface area (Å²) in [5.74, 6) is -1.16. The smallest absolute Gasteiger partial charge is 0.308 e. The van der Waals surface area contributed by atoms with Crippen molar-refractivity contribution in [1.29, 1.82) is 5.26 Å². The summed E-state index contributed by atoms with van der Waals surface area (Å²) in [6.45, 7) is 3.30. The number of hydrogen-bond donors (Lipinski definition) is 2. The van der Waals surface area contributed by atoms with E-state index in [1.807, 2.05) is 6.07 Å². The van der Waals surface area contributed by atoms with Crippen molar-refractivity contribution < 1.29 is 9.90 Å². The summed E-state index contributed by atoms with van der Waals surface area (Å²) >= 11 is 5.94. The van der Waals surface area contributed by atoms with E-state index in [-0.39, 0.29) is 11.1 Å². The summed E-state index contributed by atoms with van der Waals surface area (Å²) in [5.41, 5.74) is 0.305. The van der Waals surface area contributed by atoms with E-state index in [2.05, 4.69) is 10.3 Å². The molecule has 0 aliphatic carbocycles. The van der Waals surface area contributed by atoms with Crippen molar-refractivity contribution in [3.63, 3.8) is 0 Å². The van der Waals surface area contributed by atoms with Crippen molar-refractivity contribution in [2.24, 2.45) is 5.92 Å². The molecule has 0 bridgehead atoms. The van der Waals surface area contributed by atoms with Crippen LogP contribution in [-0.2, 0) is 4.79 Å². The molecule has 17 heavy (non-hydrogen) atoms. The molecule has 1 rings (SSSR count). The van der Waals surface area contributed by atoms with Gasteiger partial charge in [0.05, 0.1) is 11.5 Å². The van der Waals surface area contributed by atoms with Crippen molar-refractivity contribution in [3.8, 4) is 6.07 Å². The Bertz CT molecular complexity index is 470. The minimum absolute atomic E-state index is 0.208. The second-order valence-corrected chi connectivity index (χ2v) is 4.07. The molecule has 0 saturated heterocycles. The number of aliphatic carboxylic acids is 1. The van der Waals surface area contributed by atoms with Gasteiger partial charge in [0.2, 0.25) is 0 Å². The lowest BCUT2D eigenvalue weighted by molar-refractivity contribution is -0.141. The number of nitrogens with one attached hydrogen (secondary N) is 1. The molecule has 0 saturated carbocycles. The molecule has 0 fully saturated rings.